The predicted octanol–water partition coefficient (Wildman–Crippen LogP) is 6.12. The molecule has 0 saturated carbocycles. The predicted molar refractivity (Wildman–Crippen MR) is 116 cm³/mol. The van der Waals surface area contributed by atoms with E-state index in [9.17, 15) is 9.90 Å². The van der Waals surface area contributed by atoms with E-state index in [4.69, 9.17) is 11.6 Å². The summed E-state index contributed by atoms with van der Waals surface area (Å²) < 4.78 is 0. The molecule has 0 unspecified atom stereocenters. The fourth-order valence-corrected chi connectivity index (χ4v) is 5.91. The third-order valence-electron chi connectivity index (χ3n) is 6.91. The number of carboxylic acids is 1. The van der Waals surface area contributed by atoms with E-state index in [2.05, 4.69) is 47.8 Å². The fourth-order valence-electron chi connectivity index (χ4n) is 5.63. The Hall–Kier alpha value is -2.78. The van der Waals surface area contributed by atoms with Crippen molar-refractivity contribution in [3.8, 4) is 0 Å². The molecule has 144 valence electrons. The lowest BCUT2D eigenvalue weighted by Gasteiger charge is -2.38. The van der Waals surface area contributed by atoms with Gasteiger partial charge in [0, 0.05) is 5.92 Å². The lowest BCUT2D eigenvalue weighted by Crippen LogP contribution is -2.29. The molecule has 3 atom stereocenters. The first-order valence-electron chi connectivity index (χ1n) is 10.1. The van der Waals surface area contributed by atoms with E-state index in [1.54, 1.807) is 12.1 Å². The molecule has 3 nitrogen and oxygen atoms in total. The first kappa shape index (κ1) is 17.1. The highest BCUT2D eigenvalue weighted by molar-refractivity contribution is 6.33. The molecule has 3 aromatic rings. The van der Waals surface area contributed by atoms with E-state index in [-0.39, 0.29) is 17.5 Å². The molecule has 0 amide bonds. The number of benzene rings is 3. The number of hydrogen-bond donors (Lipinski definition) is 2. The highest BCUT2D eigenvalue weighted by Crippen LogP contribution is 2.53. The molecule has 0 spiro atoms. The van der Waals surface area contributed by atoms with Crippen molar-refractivity contribution in [2.24, 2.45) is 5.92 Å². The number of carbonyl (C=O) groups is 1. The molecule has 6 rings (SSSR count). The van der Waals surface area contributed by atoms with Crippen molar-refractivity contribution in [1.82, 2.24) is 0 Å². The van der Waals surface area contributed by atoms with Gasteiger partial charge in [0.15, 0.2) is 0 Å². The number of rotatable bonds is 2. The molecular weight excluding hydrogens is 382 g/mol. The van der Waals surface area contributed by atoms with E-state index in [1.165, 1.54) is 27.5 Å². The van der Waals surface area contributed by atoms with Crippen LogP contribution in [0.15, 0.2) is 54.6 Å². The molecule has 3 aromatic carbocycles. The summed E-state index contributed by atoms with van der Waals surface area (Å²) in [5.41, 5.74) is 6.32. The second-order valence-corrected chi connectivity index (χ2v) is 8.76. The van der Waals surface area contributed by atoms with Crippen molar-refractivity contribution in [2.45, 2.75) is 31.2 Å². The summed E-state index contributed by atoms with van der Waals surface area (Å²) in [4.78, 5) is 11.5. The van der Waals surface area contributed by atoms with Crippen LogP contribution >= 0.6 is 11.6 Å². The Kier molecular flexibility index (Phi) is 3.60. The van der Waals surface area contributed by atoms with Crippen molar-refractivity contribution in [2.75, 3.05) is 5.32 Å². The van der Waals surface area contributed by atoms with Gasteiger partial charge in [-0.05, 0) is 70.3 Å². The minimum atomic E-state index is -0.942. The summed E-state index contributed by atoms with van der Waals surface area (Å²) in [6.07, 6.45) is 7.66. The van der Waals surface area contributed by atoms with Gasteiger partial charge in [-0.15, -0.1) is 0 Å². The van der Waals surface area contributed by atoms with Gasteiger partial charge in [0.2, 0.25) is 0 Å². The van der Waals surface area contributed by atoms with Crippen LogP contribution in [0.25, 0.3) is 10.8 Å². The minimum absolute atomic E-state index is 0.139. The smallest absolute Gasteiger partial charge is 0.335 e. The summed E-state index contributed by atoms with van der Waals surface area (Å²) in [6, 6.07) is 14.7. The maximum absolute atomic E-state index is 11.5. The van der Waals surface area contributed by atoms with E-state index >= 15 is 0 Å². The topological polar surface area (TPSA) is 49.3 Å². The lowest BCUT2D eigenvalue weighted by atomic mass is 9.75. The van der Waals surface area contributed by atoms with Gasteiger partial charge in [-0.1, -0.05) is 54.1 Å². The van der Waals surface area contributed by atoms with E-state index < -0.39 is 5.97 Å². The molecule has 0 bridgehead atoms. The summed E-state index contributed by atoms with van der Waals surface area (Å²) >= 11 is 6.56. The molecule has 2 aliphatic carbocycles. The molecular formula is C25H20ClNO2. The van der Waals surface area contributed by atoms with Crippen molar-refractivity contribution in [1.29, 1.82) is 0 Å². The molecule has 2 N–H and O–H groups in total. The number of halogens is 1. The third-order valence-corrected chi connectivity index (χ3v) is 7.21. The standard InChI is InChI=1S/C25H20ClNO2/c26-21-12-15(25(28)29)11-20-16-4-2-6-18(16)23(27-24(20)21)19-10-9-14-8-7-13-3-1-5-17(19)22(13)14/h1-5,9-12,16,18,23,27H,6-8H2,(H,28,29)/t16-,18+,23-/m1/s1. The van der Waals surface area contributed by atoms with Crippen LogP contribution in [0.5, 0.6) is 0 Å². The second-order valence-electron chi connectivity index (χ2n) is 8.36. The van der Waals surface area contributed by atoms with Crippen LogP contribution in [0, 0.1) is 5.92 Å². The quantitative estimate of drug-likeness (QED) is 0.509. The van der Waals surface area contributed by atoms with Crippen LogP contribution < -0.4 is 5.32 Å². The van der Waals surface area contributed by atoms with Crippen molar-refractivity contribution >= 4 is 34.0 Å². The minimum Gasteiger partial charge on any atom is -0.478 e. The zero-order valence-electron chi connectivity index (χ0n) is 15.8. The summed E-state index contributed by atoms with van der Waals surface area (Å²) in [7, 11) is 0. The van der Waals surface area contributed by atoms with Crippen LogP contribution in [0.4, 0.5) is 5.69 Å². The van der Waals surface area contributed by atoms with Crippen LogP contribution in [-0.2, 0) is 12.8 Å². The van der Waals surface area contributed by atoms with Crippen LogP contribution in [0.3, 0.4) is 0 Å². The SMILES string of the molecule is O=C(O)c1cc(Cl)c2c(c1)[C@@H]1C=CC[C@@H]1[C@H](c1ccc3c4c(cccc14)CC3)N2. The van der Waals surface area contributed by atoms with Crippen LogP contribution in [-0.4, -0.2) is 11.1 Å². The number of aryl methyl sites for hydroxylation is 2. The van der Waals surface area contributed by atoms with Crippen LogP contribution in [0.1, 0.15) is 51.0 Å². The number of nitrogens with one attached hydrogen (secondary N) is 1. The first-order chi connectivity index (χ1) is 14.1. The zero-order valence-corrected chi connectivity index (χ0v) is 16.5. The number of hydrogen-bond acceptors (Lipinski definition) is 2. The molecule has 0 saturated heterocycles. The van der Waals surface area contributed by atoms with Gasteiger partial charge in [-0.3, -0.25) is 0 Å². The number of anilines is 1. The Morgan fingerprint density at radius 1 is 1.07 bits per heavy atom. The molecule has 0 aromatic heterocycles. The zero-order chi connectivity index (χ0) is 19.7. The van der Waals surface area contributed by atoms with Gasteiger partial charge in [0.25, 0.3) is 0 Å². The van der Waals surface area contributed by atoms with Gasteiger partial charge in [0.1, 0.15) is 0 Å². The normalized spacial score (nSPS) is 23.7. The molecule has 4 heteroatoms. The summed E-state index contributed by atoms with van der Waals surface area (Å²) in [6.45, 7) is 0. The van der Waals surface area contributed by atoms with Crippen LogP contribution in [0.2, 0.25) is 5.02 Å². The summed E-state index contributed by atoms with van der Waals surface area (Å²) in [5.74, 6) is -0.417. The molecule has 3 aliphatic rings. The number of aromatic carboxylic acids is 1. The second kappa shape index (κ2) is 6.11. The fraction of sp³-hybridized carbons (Fsp3) is 0.240. The van der Waals surface area contributed by atoms with Crippen molar-refractivity contribution in [3.05, 3.63) is 87.5 Å². The maximum Gasteiger partial charge on any atom is 0.335 e. The third kappa shape index (κ3) is 2.40. The Morgan fingerprint density at radius 2 is 1.90 bits per heavy atom. The first-order valence-corrected chi connectivity index (χ1v) is 10.5. The number of allylic oxidation sites excluding steroid dienone is 2. The molecule has 1 heterocycles. The van der Waals surface area contributed by atoms with E-state index in [0.29, 0.717) is 10.9 Å². The van der Waals surface area contributed by atoms with Gasteiger partial charge in [0.05, 0.1) is 22.3 Å². The maximum atomic E-state index is 11.5. The average Bonchev–Trinajstić information content (AvgIpc) is 3.37. The van der Waals surface area contributed by atoms with Crippen molar-refractivity contribution < 1.29 is 9.90 Å². The Bertz CT molecular complexity index is 1220. The van der Waals surface area contributed by atoms with E-state index in [0.717, 1.165) is 30.5 Å². The highest BCUT2D eigenvalue weighted by atomic mass is 35.5. The van der Waals surface area contributed by atoms with Crippen molar-refractivity contribution in [3.63, 3.8) is 0 Å². The molecule has 0 fully saturated rings. The van der Waals surface area contributed by atoms with E-state index in [1.807, 2.05) is 0 Å². The summed E-state index contributed by atoms with van der Waals surface area (Å²) in [5, 5.41) is 16.4. The van der Waals surface area contributed by atoms with Gasteiger partial charge in [-0.25, -0.2) is 4.79 Å². The van der Waals surface area contributed by atoms with Gasteiger partial charge >= 0.3 is 5.97 Å². The molecule has 29 heavy (non-hydrogen) atoms. The van der Waals surface area contributed by atoms with Gasteiger partial charge in [-0.2, -0.15) is 0 Å². The number of fused-ring (bicyclic) bond motifs is 3. The largest absolute Gasteiger partial charge is 0.478 e. The lowest BCUT2D eigenvalue weighted by molar-refractivity contribution is 0.0696. The molecule has 1 aliphatic heterocycles. The van der Waals surface area contributed by atoms with Gasteiger partial charge < -0.3 is 10.4 Å². The Balaban J connectivity index is 1.54. The Morgan fingerprint density at radius 3 is 2.72 bits per heavy atom. The molecule has 0 radical (unpaired) electrons. The average molecular weight is 402 g/mol. The monoisotopic (exact) mass is 401 g/mol. The Labute approximate surface area is 174 Å². The highest BCUT2D eigenvalue weighted by Gasteiger charge is 2.40. The number of carboxylic acid groups (broad SMARTS) is 1.